The van der Waals surface area contributed by atoms with E-state index in [1.165, 1.54) is 23.1 Å². The molecule has 0 fully saturated rings. The Kier molecular flexibility index (Phi) is 3.81. The summed E-state index contributed by atoms with van der Waals surface area (Å²) in [6.07, 6.45) is 0. The summed E-state index contributed by atoms with van der Waals surface area (Å²) in [4.78, 5) is 13.7. The minimum absolute atomic E-state index is 0.231. The van der Waals surface area contributed by atoms with Crippen LogP contribution >= 0.6 is 23.1 Å². The third-order valence-electron chi connectivity index (χ3n) is 3.53. The van der Waals surface area contributed by atoms with Crippen molar-refractivity contribution in [2.45, 2.75) is 17.5 Å². The summed E-state index contributed by atoms with van der Waals surface area (Å²) in [6.45, 7) is -2.65. The number of imidazole rings is 1. The molecule has 0 bridgehead atoms. The summed E-state index contributed by atoms with van der Waals surface area (Å²) in [5.74, 6) is 0.908. The van der Waals surface area contributed by atoms with E-state index in [0.717, 1.165) is 14.8 Å². The van der Waals surface area contributed by atoms with E-state index in [1.54, 1.807) is 24.3 Å². The minimum atomic E-state index is -2.65. The standard InChI is InChI=1S/C15H11F2N5S2/c16-14(17)22-10-4-2-1-3-9(10)19-11(22)7-24-15-20-12(18)8-5-6-23-13(8)21-15/h1-6,14H,7H2,(H2,18,20,21). The SMILES string of the molecule is Nc1nc(SCc2nc3ccccc3n2C(F)F)nc2sccc12. The number of hydrogen-bond acceptors (Lipinski definition) is 6. The normalized spacial score (nSPS) is 11.8. The fraction of sp³-hybridized carbons (Fsp3) is 0.133. The quantitative estimate of drug-likeness (QED) is 0.432. The van der Waals surface area contributed by atoms with Gasteiger partial charge in [0.15, 0.2) is 5.16 Å². The number of nitrogens with zero attached hydrogens (tertiary/aromatic N) is 4. The molecule has 3 heterocycles. The van der Waals surface area contributed by atoms with Crippen LogP contribution in [-0.4, -0.2) is 19.5 Å². The molecule has 1 aromatic carbocycles. The van der Waals surface area contributed by atoms with Gasteiger partial charge in [-0.15, -0.1) is 11.3 Å². The van der Waals surface area contributed by atoms with Crippen molar-refractivity contribution in [2.75, 3.05) is 5.73 Å². The Morgan fingerprint density at radius 3 is 2.83 bits per heavy atom. The number of nitrogen functional groups attached to an aromatic ring is 1. The molecule has 0 atom stereocenters. The first-order valence-corrected chi connectivity index (χ1v) is 8.87. The largest absolute Gasteiger partial charge is 0.383 e. The van der Waals surface area contributed by atoms with Gasteiger partial charge in [-0.25, -0.2) is 15.0 Å². The summed E-state index contributed by atoms with van der Waals surface area (Å²) in [5, 5.41) is 3.15. The number of fused-ring (bicyclic) bond motifs is 2. The summed E-state index contributed by atoms with van der Waals surface area (Å²) < 4.78 is 27.8. The lowest BCUT2D eigenvalue weighted by Crippen LogP contribution is -2.04. The number of thioether (sulfide) groups is 1. The third kappa shape index (κ3) is 2.59. The summed E-state index contributed by atoms with van der Waals surface area (Å²) in [7, 11) is 0. The molecule has 0 saturated carbocycles. The van der Waals surface area contributed by atoms with E-state index in [4.69, 9.17) is 5.73 Å². The van der Waals surface area contributed by atoms with Crippen LogP contribution in [0, 0.1) is 0 Å². The smallest absolute Gasteiger partial charge is 0.320 e. The van der Waals surface area contributed by atoms with E-state index in [9.17, 15) is 8.78 Å². The highest BCUT2D eigenvalue weighted by Crippen LogP contribution is 2.30. The molecule has 0 unspecified atom stereocenters. The van der Waals surface area contributed by atoms with Crippen molar-refractivity contribution < 1.29 is 8.78 Å². The van der Waals surface area contributed by atoms with Gasteiger partial charge in [0, 0.05) is 0 Å². The van der Waals surface area contributed by atoms with Gasteiger partial charge in [-0.05, 0) is 23.6 Å². The molecule has 24 heavy (non-hydrogen) atoms. The topological polar surface area (TPSA) is 69.6 Å². The molecule has 2 N–H and O–H groups in total. The van der Waals surface area contributed by atoms with Crippen molar-refractivity contribution in [3.05, 3.63) is 41.5 Å². The van der Waals surface area contributed by atoms with Crippen LogP contribution in [0.25, 0.3) is 21.3 Å². The predicted molar refractivity (Wildman–Crippen MR) is 92.4 cm³/mol. The number of alkyl halides is 2. The highest BCUT2D eigenvalue weighted by Gasteiger charge is 2.18. The van der Waals surface area contributed by atoms with Crippen LogP contribution in [-0.2, 0) is 5.75 Å². The van der Waals surface area contributed by atoms with Gasteiger partial charge in [0.1, 0.15) is 16.5 Å². The van der Waals surface area contributed by atoms with Crippen molar-refractivity contribution >= 4 is 50.2 Å². The van der Waals surface area contributed by atoms with Gasteiger partial charge in [0.2, 0.25) is 0 Å². The number of aromatic nitrogens is 4. The average molecular weight is 363 g/mol. The number of halogens is 2. The Morgan fingerprint density at radius 1 is 1.17 bits per heavy atom. The fourth-order valence-corrected chi connectivity index (χ4v) is 4.08. The molecule has 0 saturated heterocycles. The molecule has 0 amide bonds. The molecule has 122 valence electrons. The maximum atomic E-state index is 13.4. The monoisotopic (exact) mass is 363 g/mol. The molecule has 0 spiro atoms. The van der Waals surface area contributed by atoms with Gasteiger partial charge < -0.3 is 5.73 Å². The van der Waals surface area contributed by atoms with Crippen LogP contribution in [0.5, 0.6) is 0 Å². The van der Waals surface area contributed by atoms with E-state index in [2.05, 4.69) is 15.0 Å². The van der Waals surface area contributed by atoms with Crippen molar-refractivity contribution in [1.29, 1.82) is 0 Å². The summed E-state index contributed by atoms with van der Waals surface area (Å²) in [6, 6.07) is 8.70. The molecule has 0 aliphatic rings. The third-order valence-corrected chi connectivity index (χ3v) is 5.18. The van der Waals surface area contributed by atoms with Crippen LogP contribution < -0.4 is 5.73 Å². The van der Waals surface area contributed by atoms with E-state index in [0.29, 0.717) is 22.0 Å². The van der Waals surface area contributed by atoms with Crippen LogP contribution in [0.15, 0.2) is 40.9 Å². The van der Waals surface area contributed by atoms with Crippen LogP contribution in [0.3, 0.4) is 0 Å². The second kappa shape index (κ2) is 5.99. The zero-order chi connectivity index (χ0) is 16.7. The van der Waals surface area contributed by atoms with Gasteiger partial charge in [-0.1, -0.05) is 23.9 Å². The zero-order valence-corrected chi connectivity index (χ0v) is 13.8. The second-order valence-corrected chi connectivity index (χ2v) is 6.82. The maximum absolute atomic E-state index is 13.4. The van der Waals surface area contributed by atoms with E-state index in [-0.39, 0.29) is 11.6 Å². The molecule has 0 aliphatic heterocycles. The number of thiophene rings is 1. The number of rotatable bonds is 4. The van der Waals surface area contributed by atoms with Gasteiger partial charge in [-0.3, -0.25) is 4.57 Å². The fourth-order valence-electron chi connectivity index (χ4n) is 2.47. The lowest BCUT2D eigenvalue weighted by atomic mass is 10.3. The Labute approximate surface area is 143 Å². The highest BCUT2D eigenvalue weighted by atomic mass is 32.2. The van der Waals surface area contributed by atoms with Crippen LogP contribution in [0.1, 0.15) is 12.4 Å². The first-order chi connectivity index (χ1) is 11.6. The van der Waals surface area contributed by atoms with Crippen LogP contribution in [0.4, 0.5) is 14.6 Å². The van der Waals surface area contributed by atoms with Crippen molar-refractivity contribution in [3.63, 3.8) is 0 Å². The zero-order valence-electron chi connectivity index (χ0n) is 12.2. The Bertz CT molecular complexity index is 1030. The van der Waals surface area contributed by atoms with Gasteiger partial charge >= 0.3 is 6.55 Å². The minimum Gasteiger partial charge on any atom is -0.383 e. The van der Waals surface area contributed by atoms with Gasteiger partial charge in [0.05, 0.1) is 22.2 Å². The molecule has 4 aromatic rings. The van der Waals surface area contributed by atoms with Gasteiger partial charge in [0.25, 0.3) is 0 Å². The van der Waals surface area contributed by atoms with Crippen molar-refractivity contribution in [1.82, 2.24) is 19.5 Å². The van der Waals surface area contributed by atoms with Gasteiger partial charge in [-0.2, -0.15) is 8.78 Å². The number of benzene rings is 1. The highest BCUT2D eigenvalue weighted by molar-refractivity contribution is 7.98. The molecule has 4 rings (SSSR count). The van der Waals surface area contributed by atoms with Crippen LogP contribution in [0.2, 0.25) is 0 Å². The second-order valence-electron chi connectivity index (χ2n) is 4.98. The molecule has 9 heteroatoms. The number of hydrogen-bond donors (Lipinski definition) is 1. The van der Waals surface area contributed by atoms with Crippen molar-refractivity contribution in [2.24, 2.45) is 0 Å². The van der Waals surface area contributed by atoms with Crippen molar-refractivity contribution in [3.8, 4) is 0 Å². The number of nitrogens with two attached hydrogens (primary N) is 1. The summed E-state index contributed by atoms with van der Waals surface area (Å²) >= 11 is 2.70. The molecule has 5 nitrogen and oxygen atoms in total. The Morgan fingerprint density at radius 2 is 2.00 bits per heavy atom. The lowest BCUT2D eigenvalue weighted by Gasteiger charge is -2.07. The molecular formula is C15H11F2N5S2. The predicted octanol–water partition coefficient (Wildman–Crippen LogP) is 4.31. The van der Waals surface area contributed by atoms with E-state index >= 15 is 0 Å². The molecular weight excluding hydrogens is 352 g/mol. The lowest BCUT2D eigenvalue weighted by molar-refractivity contribution is 0.0722. The van der Waals surface area contributed by atoms with E-state index < -0.39 is 6.55 Å². The maximum Gasteiger partial charge on any atom is 0.320 e. The first-order valence-electron chi connectivity index (χ1n) is 7.01. The molecule has 3 aromatic heterocycles. The Hall–Kier alpha value is -2.26. The summed E-state index contributed by atoms with van der Waals surface area (Å²) in [5.41, 5.74) is 6.87. The van der Waals surface area contributed by atoms with E-state index in [1.807, 2.05) is 11.4 Å². The first kappa shape index (κ1) is 15.3. The average Bonchev–Trinajstić information content (AvgIpc) is 3.16. The molecule has 0 aliphatic carbocycles. The molecule has 0 radical (unpaired) electrons. The number of para-hydroxylation sites is 2. The Balaban J connectivity index is 1.67. The number of anilines is 1.